The summed E-state index contributed by atoms with van der Waals surface area (Å²) in [5.41, 5.74) is 0.483. The maximum absolute atomic E-state index is 13.9. The van der Waals surface area contributed by atoms with Gasteiger partial charge in [-0.05, 0) is 52.3 Å². The zero-order chi connectivity index (χ0) is 22.7. The van der Waals surface area contributed by atoms with E-state index in [0.29, 0.717) is 31.6 Å². The number of anilines is 1. The fraction of sp³-hybridized carbons (Fsp3) is 0.0909. The molecule has 0 bridgehead atoms. The third kappa shape index (κ3) is 5.32. The second-order valence-electron chi connectivity index (χ2n) is 6.70. The SMILES string of the molecule is O=C(Nc1nn(Cc2ccccc2F)cc1Br)c1ccc(COc2ccc(Cl)cc2Cl)o1. The van der Waals surface area contributed by atoms with Crippen LogP contribution in [0, 0.1) is 5.82 Å². The Morgan fingerprint density at radius 3 is 2.78 bits per heavy atom. The van der Waals surface area contributed by atoms with Crippen LogP contribution in [0.3, 0.4) is 0 Å². The quantitative estimate of drug-likeness (QED) is 0.289. The van der Waals surface area contributed by atoms with Crippen molar-refractivity contribution in [2.75, 3.05) is 5.32 Å². The lowest BCUT2D eigenvalue weighted by Gasteiger charge is -2.06. The van der Waals surface area contributed by atoms with E-state index < -0.39 is 5.91 Å². The van der Waals surface area contributed by atoms with Crippen LogP contribution in [0.5, 0.6) is 5.75 Å². The van der Waals surface area contributed by atoms with Gasteiger partial charge in [-0.25, -0.2) is 4.39 Å². The molecule has 0 spiro atoms. The van der Waals surface area contributed by atoms with E-state index in [0.717, 1.165) is 0 Å². The highest BCUT2D eigenvalue weighted by atomic mass is 79.9. The summed E-state index contributed by atoms with van der Waals surface area (Å²) in [6.07, 6.45) is 1.65. The summed E-state index contributed by atoms with van der Waals surface area (Å²) in [4.78, 5) is 12.6. The Labute approximate surface area is 201 Å². The monoisotopic (exact) mass is 537 g/mol. The van der Waals surface area contributed by atoms with Gasteiger partial charge in [0.15, 0.2) is 11.6 Å². The highest BCUT2D eigenvalue weighted by Gasteiger charge is 2.16. The van der Waals surface area contributed by atoms with Crippen LogP contribution in [0.15, 0.2) is 69.7 Å². The van der Waals surface area contributed by atoms with E-state index in [2.05, 4.69) is 26.3 Å². The van der Waals surface area contributed by atoms with Crippen LogP contribution in [0.2, 0.25) is 10.0 Å². The number of carbonyl (C=O) groups excluding carboxylic acids is 1. The van der Waals surface area contributed by atoms with Crippen molar-refractivity contribution in [3.63, 3.8) is 0 Å². The van der Waals surface area contributed by atoms with Crippen LogP contribution in [0.25, 0.3) is 0 Å². The molecule has 4 rings (SSSR count). The molecule has 0 atom stereocenters. The molecule has 0 aliphatic carbocycles. The summed E-state index contributed by atoms with van der Waals surface area (Å²) in [7, 11) is 0. The van der Waals surface area contributed by atoms with E-state index in [-0.39, 0.29) is 30.5 Å². The molecular formula is C22H15BrCl2FN3O3. The number of halogens is 4. The molecule has 2 aromatic heterocycles. The third-order valence-electron chi connectivity index (χ3n) is 4.39. The molecule has 0 aliphatic rings. The topological polar surface area (TPSA) is 69.3 Å². The molecular weight excluding hydrogens is 524 g/mol. The first kappa shape index (κ1) is 22.4. The molecule has 164 valence electrons. The predicted octanol–water partition coefficient (Wildman–Crippen LogP) is 6.56. The standard InChI is InChI=1S/C22H15BrCl2FN3O3/c23-16-11-29(10-13-3-1-2-4-18(13)26)28-21(16)27-22(30)20-8-6-15(32-20)12-31-19-7-5-14(24)9-17(19)25/h1-9,11H,10,12H2,(H,27,28,30). The summed E-state index contributed by atoms with van der Waals surface area (Å²) in [6, 6.07) is 14.5. The van der Waals surface area contributed by atoms with Crippen LogP contribution in [0.1, 0.15) is 21.9 Å². The van der Waals surface area contributed by atoms with Crippen molar-refractivity contribution < 1.29 is 18.3 Å². The van der Waals surface area contributed by atoms with Crippen molar-refractivity contribution >= 4 is 50.9 Å². The molecule has 6 nitrogen and oxygen atoms in total. The molecule has 2 aromatic carbocycles. The minimum atomic E-state index is -0.488. The molecule has 0 unspecified atom stereocenters. The Morgan fingerprint density at radius 2 is 2.00 bits per heavy atom. The van der Waals surface area contributed by atoms with Gasteiger partial charge >= 0.3 is 0 Å². The number of benzene rings is 2. The molecule has 1 amide bonds. The van der Waals surface area contributed by atoms with E-state index >= 15 is 0 Å². The van der Waals surface area contributed by atoms with Crippen molar-refractivity contribution in [3.8, 4) is 5.75 Å². The van der Waals surface area contributed by atoms with Gasteiger partial charge in [0.05, 0.1) is 16.0 Å². The van der Waals surface area contributed by atoms with Gasteiger partial charge in [0.25, 0.3) is 5.91 Å². The molecule has 32 heavy (non-hydrogen) atoms. The van der Waals surface area contributed by atoms with Crippen LogP contribution >= 0.6 is 39.1 Å². The van der Waals surface area contributed by atoms with E-state index in [1.807, 2.05) is 0 Å². The Balaban J connectivity index is 1.39. The number of hydrogen-bond donors (Lipinski definition) is 1. The van der Waals surface area contributed by atoms with Crippen LogP contribution in [-0.2, 0) is 13.2 Å². The van der Waals surface area contributed by atoms with Gasteiger partial charge in [-0.15, -0.1) is 0 Å². The summed E-state index contributed by atoms with van der Waals surface area (Å²) < 4.78 is 27.1. The Morgan fingerprint density at radius 1 is 1.19 bits per heavy atom. The minimum absolute atomic E-state index is 0.0790. The smallest absolute Gasteiger partial charge is 0.292 e. The van der Waals surface area contributed by atoms with Gasteiger partial charge in [-0.1, -0.05) is 41.4 Å². The van der Waals surface area contributed by atoms with Crippen molar-refractivity contribution in [3.05, 3.63) is 98.2 Å². The zero-order valence-corrected chi connectivity index (χ0v) is 19.4. The third-order valence-corrected chi connectivity index (χ3v) is 5.50. The molecule has 0 aliphatic heterocycles. The lowest BCUT2D eigenvalue weighted by atomic mass is 10.2. The number of nitrogens with zero attached hydrogens (tertiary/aromatic N) is 2. The lowest BCUT2D eigenvalue weighted by Crippen LogP contribution is -2.12. The Kier molecular flexibility index (Phi) is 6.83. The zero-order valence-electron chi connectivity index (χ0n) is 16.3. The van der Waals surface area contributed by atoms with Gasteiger partial charge in [-0.2, -0.15) is 5.10 Å². The molecule has 0 saturated heterocycles. The average Bonchev–Trinajstić information content (AvgIpc) is 3.36. The fourth-order valence-electron chi connectivity index (χ4n) is 2.85. The Hall–Kier alpha value is -2.81. The number of nitrogens with one attached hydrogen (secondary N) is 1. The molecule has 0 saturated carbocycles. The summed E-state index contributed by atoms with van der Waals surface area (Å²) in [5, 5.41) is 7.83. The first-order chi connectivity index (χ1) is 15.4. The van der Waals surface area contributed by atoms with Gasteiger partial charge in [0, 0.05) is 16.8 Å². The fourth-order valence-corrected chi connectivity index (χ4v) is 3.73. The molecule has 4 aromatic rings. The lowest BCUT2D eigenvalue weighted by molar-refractivity contribution is 0.0992. The number of aromatic nitrogens is 2. The Bertz CT molecular complexity index is 1280. The van der Waals surface area contributed by atoms with Crippen LogP contribution < -0.4 is 10.1 Å². The van der Waals surface area contributed by atoms with Gasteiger partial charge in [0.1, 0.15) is 23.9 Å². The predicted molar refractivity (Wildman–Crippen MR) is 123 cm³/mol. The number of furan rings is 1. The van der Waals surface area contributed by atoms with E-state index in [4.69, 9.17) is 32.4 Å². The van der Waals surface area contributed by atoms with Crippen LogP contribution in [0.4, 0.5) is 10.2 Å². The van der Waals surface area contributed by atoms with Crippen LogP contribution in [-0.4, -0.2) is 15.7 Å². The molecule has 2 heterocycles. The summed E-state index contributed by atoms with van der Waals surface area (Å²) in [6.45, 7) is 0.298. The maximum atomic E-state index is 13.9. The summed E-state index contributed by atoms with van der Waals surface area (Å²) in [5.74, 6) is 0.440. The normalized spacial score (nSPS) is 10.9. The number of hydrogen-bond acceptors (Lipinski definition) is 4. The number of amides is 1. The maximum Gasteiger partial charge on any atom is 0.292 e. The molecule has 0 radical (unpaired) electrons. The van der Waals surface area contributed by atoms with Crippen molar-refractivity contribution in [1.29, 1.82) is 0 Å². The van der Waals surface area contributed by atoms with E-state index in [1.54, 1.807) is 48.7 Å². The van der Waals surface area contributed by atoms with E-state index in [9.17, 15) is 9.18 Å². The largest absolute Gasteiger partial charge is 0.484 e. The van der Waals surface area contributed by atoms with Crippen molar-refractivity contribution in [1.82, 2.24) is 9.78 Å². The van der Waals surface area contributed by atoms with Gasteiger partial charge < -0.3 is 14.5 Å². The molecule has 10 heteroatoms. The van der Waals surface area contributed by atoms with Crippen molar-refractivity contribution in [2.24, 2.45) is 0 Å². The molecule has 0 fully saturated rings. The second-order valence-corrected chi connectivity index (χ2v) is 8.40. The average molecular weight is 539 g/mol. The number of rotatable bonds is 7. The number of ether oxygens (including phenoxy) is 1. The van der Waals surface area contributed by atoms with Crippen molar-refractivity contribution in [2.45, 2.75) is 13.2 Å². The minimum Gasteiger partial charge on any atom is -0.484 e. The van der Waals surface area contributed by atoms with Gasteiger partial charge in [-0.3, -0.25) is 9.48 Å². The van der Waals surface area contributed by atoms with E-state index in [1.165, 1.54) is 16.8 Å². The first-order valence-electron chi connectivity index (χ1n) is 9.33. The first-order valence-corrected chi connectivity index (χ1v) is 10.9. The van der Waals surface area contributed by atoms with Gasteiger partial charge in [0.2, 0.25) is 0 Å². The molecule has 1 N–H and O–H groups in total. The highest BCUT2D eigenvalue weighted by Crippen LogP contribution is 2.28. The highest BCUT2D eigenvalue weighted by molar-refractivity contribution is 9.10. The number of carbonyl (C=O) groups is 1. The summed E-state index contributed by atoms with van der Waals surface area (Å²) >= 11 is 15.3. The second kappa shape index (κ2) is 9.77.